The number of pyridine rings is 1. The van der Waals surface area contributed by atoms with Crippen LogP contribution in [0.3, 0.4) is 0 Å². The van der Waals surface area contributed by atoms with E-state index in [1.807, 2.05) is 18.3 Å². The van der Waals surface area contributed by atoms with Crippen molar-refractivity contribution >= 4 is 32.7 Å². The summed E-state index contributed by atoms with van der Waals surface area (Å²) in [5, 5.41) is 2.05. The molecule has 0 aliphatic carbocycles. The lowest BCUT2D eigenvalue weighted by atomic mass is 10.1. The zero-order valence-electron chi connectivity index (χ0n) is 10.9. The molecular weight excluding hydrogens is 292 g/mol. The highest BCUT2D eigenvalue weighted by Gasteiger charge is 2.19. The molecule has 0 aliphatic heterocycles. The third-order valence-corrected chi connectivity index (χ3v) is 3.69. The molecule has 0 saturated carbocycles. The molecule has 0 atom stereocenters. The van der Waals surface area contributed by atoms with Gasteiger partial charge in [0.15, 0.2) is 0 Å². The fourth-order valence-electron chi connectivity index (χ4n) is 2.39. The number of fused-ring (bicyclic) bond motifs is 1. The van der Waals surface area contributed by atoms with Crippen LogP contribution in [-0.2, 0) is 0 Å². The fraction of sp³-hybridized carbons (Fsp3) is 0.500. The smallest absolute Gasteiger partial charge is 0.139 e. The first-order chi connectivity index (χ1) is 8.81. The number of anilines is 1. The average Bonchev–Trinajstić information content (AvgIpc) is 2.87. The Kier molecular flexibility index (Phi) is 4.64. The van der Waals surface area contributed by atoms with Gasteiger partial charge in [0.1, 0.15) is 11.4 Å². The van der Waals surface area contributed by atoms with Gasteiger partial charge in [-0.15, -0.1) is 0 Å². The number of hydrogen-bond acceptors (Lipinski definition) is 3. The Morgan fingerprint density at radius 2 is 2.11 bits per heavy atom. The van der Waals surface area contributed by atoms with Crippen molar-refractivity contribution in [2.45, 2.75) is 32.7 Å². The summed E-state index contributed by atoms with van der Waals surface area (Å²) in [6.45, 7) is 5.42. The first-order valence-corrected chi connectivity index (χ1v) is 7.58. The molecule has 0 radical (unpaired) electrons. The minimum atomic E-state index is 0.524. The Balaban J connectivity index is 2.43. The van der Waals surface area contributed by atoms with Gasteiger partial charge in [0, 0.05) is 24.1 Å². The van der Waals surface area contributed by atoms with Crippen LogP contribution in [0.4, 0.5) is 5.82 Å². The van der Waals surface area contributed by atoms with E-state index < -0.39 is 0 Å². The second-order valence-corrected chi connectivity index (χ2v) is 5.11. The summed E-state index contributed by atoms with van der Waals surface area (Å²) in [5.41, 5.74) is 0.908. The van der Waals surface area contributed by atoms with E-state index in [9.17, 15) is 0 Å². The third-order valence-electron chi connectivity index (χ3n) is 3.34. The molecule has 0 unspecified atom stereocenters. The molecule has 0 bridgehead atoms. The standard InChI is InChI=1S/C14H19BrN2O/c1-3-11(4-2)17(9-7-15)14-12-6-10-18-13(12)5-8-16-14/h5-6,8,10-11H,3-4,7,9H2,1-2H3. The highest BCUT2D eigenvalue weighted by Crippen LogP contribution is 2.28. The van der Waals surface area contributed by atoms with E-state index in [-0.39, 0.29) is 0 Å². The van der Waals surface area contributed by atoms with Crippen molar-refractivity contribution in [3.63, 3.8) is 0 Å². The number of aromatic nitrogens is 1. The zero-order chi connectivity index (χ0) is 13.0. The molecule has 3 nitrogen and oxygen atoms in total. The predicted molar refractivity (Wildman–Crippen MR) is 79.5 cm³/mol. The lowest BCUT2D eigenvalue weighted by Gasteiger charge is -2.31. The van der Waals surface area contributed by atoms with Gasteiger partial charge in [-0.2, -0.15) is 0 Å². The van der Waals surface area contributed by atoms with E-state index in [4.69, 9.17) is 4.42 Å². The van der Waals surface area contributed by atoms with Crippen LogP contribution in [0.1, 0.15) is 26.7 Å². The van der Waals surface area contributed by atoms with E-state index in [1.54, 1.807) is 6.26 Å². The number of rotatable bonds is 6. The lowest BCUT2D eigenvalue weighted by molar-refractivity contribution is 0.565. The summed E-state index contributed by atoms with van der Waals surface area (Å²) in [5.74, 6) is 1.04. The van der Waals surface area contributed by atoms with Gasteiger partial charge in [0.05, 0.1) is 11.6 Å². The van der Waals surface area contributed by atoms with Gasteiger partial charge in [0.2, 0.25) is 0 Å². The molecular formula is C14H19BrN2O. The summed E-state index contributed by atoms with van der Waals surface area (Å²) in [6.07, 6.45) is 5.80. The van der Waals surface area contributed by atoms with Crippen molar-refractivity contribution < 1.29 is 4.42 Å². The van der Waals surface area contributed by atoms with Crippen molar-refractivity contribution in [3.8, 4) is 0 Å². The molecule has 18 heavy (non-hydrogen) atoms. The molecule has 0 aliphatic rings. The van der Waals surface area contributed by atoms with Crippen molar-refractivity contribution in [1.29, 1.82) is 0 Å². The molecule has 0 N–H and O–H groups in total. The molecule has 2 rings (SSSR count). The Hall–Kier alpha value is -1.03. The van der Waals surface area contributed by atoms with Crippen LogP contribution in [0.25, 0.3) is 11.0 Å². The van der Waals surface area contributed by atoms with Gasteiger partial charge >= 0.3 is 0 Å². The van der Waals surface area contributed by atoms with Crippen molar-refractivity contribution in [2.75, 3.05) is 16.8 Å². The minimum absolute atomic E-state index is 0.524. The molecule has 98 valence electrons. The van der Waals surface area contributed by atoms with Crippen LogP contribution < -0.4 is 4.90 Å². The molecule has 4 heteroatoms. The highest BCUT2D eigenvalue weighted by molar-refractivity contribution is 9.09. The number of nitrogens with zero attached hydrogens (tertiary/aromatic N) is 2. The topological polar surface area (TPSA) is 29.3 Å². The maximum atomic E-state index is 5.46. The Labute approximate surface area is 116 Å². The lowest BCUT2D eigenvalue weighted by Crippen LogP contribution is -2.36. The maximum Gasteiger partial charge on any atom is 0.139 e. The molecule has 0 spiro atoms. The first-order valence-electron chi connectivity index (χ1n) is 6.46. The van der Waals surface area contributed by atoms with Crippen LogP contribution in [-0.4, -0.2) is 22.9 Å². The maximum absolute atomic E-state index is 5.46. The van der Waals surface area contributed by atoms with Crippen LogP contribution in [0, 0.1) is 0 Å². The summed E-state index contributed by atoms with van der Waals surface area (Å²) < 4.78 is 5.46. The van der Waals surface area contributed by atoms with E-state index >= 15 is 0 Å². The number of halogens is 1. The van der Waals surface area contributed by atoms with E-state index in [1.165, 1.54) is 0 Å². The normalized spacial score (nSPS) is 11.3. The molecule has 2 aromatic rings. The van der Waals surface area contributed by atoms with Crippen molar-refractivity contribution in [1.82, 2.24) is 4.98 Å². The Morgan fingerprint density at radius 3 is 2.78 bits per heavy atom. The van der Waals surface area contributed by atoms with E-state index in [2.05, 4.69) is 39.7 Å². The molecule has 0 fully saturated rings. The largest absolute Gasteiger partial charge is 0.464 e. The molecule has 2 aromatic heterocycles. The monoisotopic (exact) mass is 310 g/mol. The number of hydrogen-bond donors (Lipinski definition) is 0. The van der Waals surface area contributed by atoms with Crippen LogP contribution in [0.15, 0.2) is 29.0 Å². The molecule has 2 heterocycles. The average molecular weight is 311 g/mol. The first kappa shape index (κ1) is 13.4. The zero-order valence-corrected chi connectivity index (χ0v) is 12.5. The Bertz CT molecular complexity index is 493. The quantitative estimate of drug-likeness (QED) is 0.748. The van der Waals surface area contributed by atoms with Gasteiger partial charge in [-0.05, 0) is 25.0 Å². The van der Waals surface area contributed by atoms with Crippen LogP contribution in [0.2, 0.25) is 0 Å². The van der Waals surface area contributed by atoms with E-state index in [0.717, 1.165) is 41.5 Å². The van der Waals surface area contributed by atoms with E-state index in [0.29, 0.717) is 6.04 Å². The van der Waals surface area contributed by atoms with Gasteiger partial charge in [-0.3, -0.25) is 0 Å². The second-order valence-electron chi connectivity index (χ2n) is 4.32. The Morgan fingerprint density at radius 1 is 1.33 bits per heavy atom. The van der Waals surface area contributed by atoms with Gasteiger partial charge in [-0.1, -0.05) is 29.8 Å². The van der Waals surface area contributed by atoms with Crippen molar-refractivity contribution in [2.24, 2.45) is 0 Å². The molecule has 0 amide bonds. The fourth-order valence-corrected chi connectivity index (χ4v) is 2.77. The summed E-state index contributed by atoms with van der Waals surface area (Å²) >= 11 is 3.54. The van der Waals surface area contributed by atoms with Gasteiger partial charge in [0.25, 0.3) is 0 Å². The van der Waals surface area contributed by atoms with Gasteiger partial charge < -0.3 is 9.32 Å². The second kappa shape index (κ2) is 6.23. The summed E-state index contributed by atoms with van der Waals surface area (Å²) in [6, 6.07) is 4.44. The minimum Gasteiger partial charge on any atom is -0.464 e. The molecule has 0 aromatic carbocycles. The van der Waals surface area contributed by atoms with Crippen molar-refractivity contribution in [3.05, 3.63) is 24.6 Å². The van der Waals surface area contributed by atoms with Crippen LogP contribution in [0.5, 0.6) is 0 Å². The number of alkyl halides is 1. The van der Waals surface area contributed by atoms with Crippen LogP contribution >= 0.6 is 15.9 Å². The molecule has 0 saturated heterocycles. The SMILES string of the molecule is CCC(CC)N(CCBr)c1nccc2occc12. The third kappa shape index (κ3) is 2.53. The predicted octanol–water partition coefficient (Wildman–Crippen LogP) is 4.22. The highest BCUT2D eigenvalue weighted by atomic mass is 79.9. The summed E-state index contributed by atoms with van der Waals surface area (Å²) in [7, 11) is 0. The van der Waals surface area contributed by atoms with Gasteiger partial charge in [-0.25, -0.2) is 4.98 Å². The summed E-state index contributed by atoms with van der Waals surface area (Å²) in [4.78, 5) is 6.94. The number of furan rings is 1.